The summed E-state index contributed by atoms with van der Waals surface area (Å²) in [6.07, 6.45) is -11.0. The van der Waals surface area contributed by atoms with Crippen LogP contribution in [-0.4, -0.2) is 18.1 Å². The highest BCUT2D eigenvalue weighted by Crippen LogP contribution is 2.43. The molecule has 0 saturated heterocycles. The van der Waals surface area contributed by atoms with Crippen LogP contribution < -0.4 is 0 Å². The molecule has 2 atom stereocenters. The molecule has 1 fully saturated rings. The molecule has 0 radical (unpaired) electrons. The molecule has 15 heavy (non-hydrogen) atoms. The lowest BCUT2D eigenvalue weighted by Crippen LogP contribution is -2.43. The molecule has 0 heterocycles. The van der Waals surface area contributed by atoms with Gasteiger partial charge < -0.3 is 0 Å². The molecular formula is C8H8F6O. The molecule has 7 heteroatoms. The molecule has 2 unspecified atom stereocenters. The lowest BCUT2D eigenvalue weighted by atomic mass is 9.79. The topological polar surface area (TPSA) is 17.1 Å². The third-order valence-electron chi connectivity index (χ3n) is 2.46. The number of hydrogen-bond acceptors (Lipinski definition) is 1. The zero-order valence-electron chi connectivity index (χ0n) is 7.45. The van der Waals surface area contributed by atoms with Gasteiger partial charge in [0, 0.05) is 0 Å². The van der Waals surface area contributed by atoms with Crippen LogP contribution in [0.25, 0.3) is 0 Å². The van der Waals surface area contributed by atoms with E-state index in [4.69, 9.17) is 0 Å². The van der Waals surface area contributed by atoms with Crippen LogP contribution in [0.1, 0.15) is 19.3 Å². The number of carbonyl (C=O) groups is 1. The van der Waals surface area contributed by atoms with E-state index < -0.39 is 42.8 Å². The Morgan fingerprint density at radius 3 is 1.47 bits per heavy atom. The fourth-order valence-electron chi connectivity index (χ4n) is 1.70. The second kappa shape index (κ2) is 3.68. The van der Waals surface area contributed by atoms with Crippen molar-refractivity contribution < 1.29 is 31.1 Å². The number of carbonyl (C=O) groups excluding carboxylic acids is 1. The summed E-state index contributed by atoms with van der Waals surface area (Å²) < 4.78 is 73.0. The molecule has 0 amide bonds. The van der Waals surface area contributed by atoms with Crippen LogP contribution in [0.5, 0.6) is 0 Å². The van der Waals surface area contributed by atoms with Gasteiger partial charge in [-0.2, -0.15) is 26.3 Å². The van der Waals surface area contributed by atoms with Crippen LogP contribution in [0.15, 0.2) is 0 Å². The van der Waals surface area contributed by atoms with E-state index in [9.17, 15) is 31.1 Å². The van der Waals surface area contributed by atoms with Gasteiger partial charge in [-0.15, -0.1) is 0 Å². The van der Waals surface area contributed by atoms with E-state index in [0.717, 1.165) is 0 Å². The van der Waals surface area contributed by atoms with Crippen molar-refractivity contribution in [2.75, 3.05) is 0 Å². The number of ketones is 1. The van der Waals surface area contributed by atoms with Gasteiger partial charge in [0.1, 0.15) is 11.8 Å². The van der Waals surface area contributed by atoms with Crippen molar-refractivity contribution in [1.82, 2.24) is 0 Å². The fourth-order valence-corrected chi connectivity index (χ4v) is 1.70. The summed E-state index contributed by atoms with van der Waals surface area (Å²) >= 11 is 0. The Kier molecular flexibility index (Phi) is 3.02. The van der Waals surface area contributed by atoms with Crippen molar-refractivity contribution in [2.45, 2.75) is 31.6 Å². The van der Waals surface area contributed by atoms with E-state index >= 15 is 0 Å². The molecule has 1 saturated carbocycles. The largest absolute Gasteiger partial charge is 0.398 e. The molecule has 0 aromatic heterocycles. The first-order chi connectivity index (χ1) is 6.64. The molecular weight excluding hydrogens is 226 g/mol. The summed E-state index contributed by atoms with van der Waals surface area (Å²) in [6.45, 7) is 0. The molecule has 0 aromatic rings. The minimum Gasteiger partial charge on any atom is -0.298 e. The monoisotopic (exact) mass is 234 g/mol. The Hall–Kier alpha value is -0.750. The van der Waals surface area contributed by atoms with Crippen molar-refractivity contribution in [3.8, 4) is 0 Å². The summed E-state index contributed by atoms with van der Waals surface area (Å²) in [4.78, 5) is 11.0. The van der Waals surface area contributed by atoms with Gasteiger partial charge in [-0.25, -0.2) is 0 Å². The lowest BCUT2D eigenvalue weighted by Gasteiger charge is -2.30. The zero-order chi connectivity index (χ0) is 11.9. The van der Waals surface area contributed by atoms with Crippen LogP contribution >= 0.6 is 0 Å². The standard InChI is InChI=1S/C8H8F6O/c9-7(10,11)4-2-1-3-5(6(4)15)8(12,13)14/h4-5H,1-3H2. The fraction of sp³-hybridized carbons (Fsp3) is 0.875. The minimum atomic E-state index is -4.86. The maximum absolute atomic E-state index is 12.2. The molecule has 1 nitrogen and oxygen atoms in total. The number of halogens is 6. The average molecular weight is 234 g/mol. The summed E-state index contributed by atoms with van der Waals surface area (Å²) in [5.41, 5.74) is 0. The van der Waals surface area contributed by atoms with Gasteiger partial charge in [-0.05, 0) is 12.8 Å². The Balaban J connectivity index is 2.86. The third-order valence-corrected chi connectivity index (χ3v) is 2.46. The summed E-state index contributed by atoms with van der Waals surface area (Å²) in [5.74, 6) is -6.63. The van der Waals surface area contributed by atoms with E-state index in [1.165, 1.54) is 0 Å². The Labute approximate surface area is 81.4 Å². The van der Waals surface area contributed by atoms with Gasteiger partial charge in [-0.1, -0.05) is 6.42 Å². The third kappa shape index (κ3) is 2.63. The Morgan fingerprint density at radius 1 is 0.867 bits per heavy atom. The van der Waals surface area contributed by atoms with Gasteiger partial charge in [0.2, 0.25) is 0 Å². The second-order valence-corrected chi connectivity index (χ2v) is 3.52. The van der Waals surface area contributed by atoms with Gasteiger partial charge in [0.05, 0.1) is 0 Å². The number of rotatable bonds is 0. The molecule has 0 aromatic carbocycles. The van der Waals surface area contributed by atoms with Gasteiger partial charge in [0.25, 0.3) is 0 Å². The van der Waals surface area contributed by atoms with Gasteiger partial charge >= 0.3 is 12.4 Å². The van der Waals surface area contributed by atoms with Gasteiger partial charge in [-0.3, -0.25) is 4.79 Å². The number of hydrogen-bond donors (Lipinski definition) is 0. The van der Waals surface area contributed by atoms with Crippen molar-refractivity contribution in [3.05, 3.63) is 0 Å². The summed E-state index contributed by atoms with van der Waals surface area (Å²) in [5, 5.41) is 0. The van der Waals surface area contributed by atoms with E-state index in [1.54, 1.807) is 0 Å². The van der Waals surface area contributed by atoms with Crippen molar-refractivity contribution in [3.63, 3.8) is 0 Å². The maximum Gasteiger partial charge on any atom is 0.398 e. The highest BCUT2D eigenvalue weighted by atomic mass is 19.4. The lowest BCUT2D eigenvalue weighted by molar-refractivity contribution is -0.214. The van der Waals surface area contributed by atoms with Crippen molar-refractivity contribution in [2.24, 2.45) is 11.8 Å². The predicted molar refractivity (Wildman–Crippen MR) is 37.9 cm³/mol. The average Bonchev–Trinajstić information content (AvgIpc) is 1.99. The van der Waals surface area contributed by atoms with E-state index in [-0.39, 0.29) is 6.42 Å². The molecule has 1 rings (SSSR count). The molecule has 0 aliphatic heterocycles. The molecule has 0 spiro atoms. The van der Waals surface area contributed by atoms with Crippen LogP contribution in [0.3, 0.4) is 0 Å². The van der Waals surface area contributed by atoms with Crippen molar-refractivity contribution >= 4 is 5.78 Å². The first-order valence-electron chi connectivity index (χ1n) is 4.31. The molecule has 1 aliphatic rings. The van der Waals surface area contributed by atoms with Crippen LogP contribution in [0, 0.1) is 11.8 Å². The Bertz CT molecular complexity index is 229. The number of alkyl halides is 6. The predicted octanol–water partition coefficient (Wildman–Crippen LogP) is 3.10. The van der Waals surface area contributed by atoms with Crippen LogP contribution in [0.4, 0.5) is 26.3 Å². The Morgan fingerprint density at radius 2 is 1.20 bits per heavy atom. The van der Waals surface area contributed by atoms with E-state index in [2.05, 4.69) is 0 Å². The number of Topliss-reactive ketones (excluding diaryl/α,β-unsaturated/α-hetero) is 1. The summed E-state index contributed by atoms with van der Waals surface area (Å²) in [7, 11) is 0. The second-order valence-electron chi connectivity index (χ2n) is 3.52. The van der Waals surface area contributed by atoms with E-state index in [0.29, 0.717) is 0 Å². The van der Waals surface area contributed by atoms with Crippen LogP contribution in [-0.2, 0) is 4.79 Å². The quantitative estimate of drug-likeness (QED) is 0.588. The van der Waals surface area contributed by atoms with E-state index in [1.807, 2.05) is 0 Å². The molecule has 0 bridgehead atoms. The minimum absolute atomic E-state index is 0.222. The SMILES string of the molecule is O=C1C(C(F)(F)F)CCCC1C(F)(F)F. The highest BCUT2D eigenvalue weighted by molar-refractivity contribution is 5.85. The highest BCUT2D eigenvalue weighted by Gasteiger charge is 2.55. The maximum atomic E-state index is 12.2. The van der Waals surface area contributed by atoms with Gasteiger partial charge in [0.15, 0.2) is 5.78 Å². The normalized spacial score (nSPS) is 29.3. The molecule has 88 valence electrons. The zero-order valence-corrected chi connectivity index (χ0v) is 7.45. The molecule has 0 N–H and O–H groups in total. The first kappa shape index (κ1) is 12.3. The summed E-state index contributed by atoms with van der Waals surface area (Å²) in [6, 6.07) is 0. The van der Waals surface area contributed by atoms with Crippen LogP contribution in [0.2, 0.25) is 0 Å². The first-order valence-corrected chi connectivity index (χ1v) is 4.31. The smallest absolute Gasteiger partial charge is 0.298 e. The molecule has 1 aliphatic carbocycles. The van der Waals surface area contributed by atoms with Crippen molar-refractivity contribution in [1.29, 1.82) is 0 Å².